The van der Waals surface area contributed by atoms with E-state index in [0.717, 1.165) is 48.9 Å². The molecule has 1 aliphatic heterocycles. The fourth-order valence-corrected chi connectivity index (χ4v) is 5.38. The van der Waals surface area contributed by atoms with E-state index >= 15 is 0 Å². The first-order valence-corrected chi connectivity index (χ1v) is 12.7. The van der Waals surface area contributed by atoms with Crippen molar-refractivity contribution in [1.29, 1.82) is 0 Å². The van der Waals surface area contributed by atoms with Crippen LogP contribution in [0, 0.1) is 5.82 Å². The number of fused-ring (bicyclic) bond motifs is 1. The van der Waals surface area contributed by atoms with Gasteiger partial charge in [0.1, 0.15) is 11.6 Å². The lowest BCUT2D eigenvalue weighted by Crippen LogP contribution is -2.17. The number of rotatable bonds is 5. The summed E-state index contributed by atoms with van der Waals surface area (Å²) in [5.41, 5.74) is -0.826. The van der Waals surface area contributed by atoms with Crippen LogP contribution in [0.15, 0.2) is 65.8 Å². The summed E-state index contributed by atoms with van der Waals surface area (Å²) in [7, 11) is -2.74. The molecule has 0 radical (unpaired) electrons. The van der Waals surface area contributed by atoms with Gasteiger partial charge in [0.2, 0.25) is 0 Å². The van der Waals surface area contributed by atoms with E-state index in [-0.39, 0.29) is 27.5 Å². The Morgan fingerprint density at radius 1 is 1.05 bits per heavy atom. The molecule has 0 amide bonds. The van der Waals surface area contributed by atoms with Gasteiger partial charge < -0.3 is 4.74 Å². The number of pyridine rings is 1. The zero-order valence-electron chi connectivity index (χ0n) is 19.4. The van der Waals surface area contributed by atoms with Gasteiger partial charge >= 0.3 is 6.18 Å². The van der Waals surface area contributed by atoms with Gasteiger partial charge in [-0.25, -0.2) is 12.8 Å². The number of ether oxygens (including phenoxy) is 1. The summed E-state index contributed by atoms with van der Waals surface area (Å²) < 4.78 is 92.2. The number of alkyl halides is 3. The van der Waals surface area contributed by atoms with Crippen LogP contribution < -0.4 is 9.46 Å². The van der Waals surface area contributed by atoms with Gasteiger partial charge in [0.25, 0.3) is 10.0 Å². The van der Waals surface area contributed by atoms with Gasteiger partial charge in [-0.2, -0.15) is 18.3 Å². The molecule has 2 aromatic carbocycles. The molecule has 0 bridgehead atoms. The maximum absolute atomic E-state index is 14.2. The van der Waals surface area contributed by atoms with Crippen molar-refractivity contribution < 1.29 is 30.7 Å². The second kappa shape index (κ2) is 9.18. The van der Waals surface area contributed by atoms with Crippen LogP contribution in [0.5, 0.6) is 5.75 Å². The fourth-order valence-electron chi connectivity index (χ4n) is 4.29. The SMILES string of the molecule is Cn1nccc1-c1c(NS(=O)(=O)c2ccc3c(c2)OCCC3)ccc(C(F)(F)F)c1-c1ccc(F)cn1. The van der Waals surface area contributed by atoms with E-state index in [2.05, 4.69) is 14.8 Å². The molecule has 0 aliphatic carbocycles. The first kappa shape index (κ1) is 24.8. The molecular weight excluding hydrogens is 512 g/mol. The van der Waals surface area contributed by atoms with E-state index < -0.39 is 33.1 Å². The van der Waals surface area contributed by atoms with Crippen LogP contribution in [0.2, 0.25) is 0 Å². The van der Waals surface area contributed by atoms with Gasteiger partial charge in [0, 0.05) is 30.4 Å². The lowest BCUT2D eigenvalue weighted by atomic mass is 9.93. The average Bonchev–Trinajstić information content (AvgIpc) is 3.28. The molecule has 3 heterocycles. The zero-order valence-corrected chi connectivity index (χ0v) is 20.2. The van der Waals surface area contributed by atoms with E-state index in [9.17, 15) is 26.0 Å². The summed E-state index contributed by atoms with van der Waals surface area (Å²) in [5.74, 6) is -0.282. The molecule has 0 fully saturated rings. The minimum atomic E-state index is -4.81. The molecule has 0 atom stereocenters. The number of hydrogen-bond acceptors (Lipinski definition) is 5. The summed E-state index contributed by atoms with van der Waals surface area (Å²) in [6, 6.07) is 9.84. The molecule has 12 heteroatoms. The molecule has 4 aromatic rings. The largest absolute Gasteiger partial charge is 0.493 e. The van der Waals surface area contributed by atoms with Crippen LogP contribution in [-0.2, 0) is 29.7 Å². The molecule has 0 saturated carbocycles. The van der Waals surface area contributed by atoms with Crippen LogP contribution in [-0.4, -0.2) is 29.8 Å². The number of aryl methyl sites for hydroxylation is 2. The first-order chi connectivity index (χ1) is 17.5. The Hall–Kier alpha value is -3.93. The molecule has 37 heavy (non-hydrogen) atoms. The number of nitrogens with one attached hydrogen (secondary N) is 1. The average molecular weight is 533 g/mol. The summed E-state index contributed by atoms with van der Waals surface area (Å²) in [4.78, 5) is 3.76. The highest BCUT2D eigenvalue weighted by molar-refractivity contribution is 7.92. The van der Waals surface area contributed by atoms with Gasteiger partial charge in [0.05, 0.1) is 40.3 Å². The summed E-state index contributed by atoms with van der Waals surface area (Å²) in [6.07, 6.45) is -1.08. The molecule has 192 valence electrons. The van der Waals surface area contributed by atoms with Gasteiger partial charge in [0.15, 0.2) is 0 Å². The third kappa shape index (κ3) is 4.76. The van der Waals surface area contributed by atoms with E-state index in [1.807, 2.05) is 0 Å². The summed E-state index contributed by atoms with van der Waals surface area (Å²) >= 11 is 0. The van der Waals surface area contributed by atoms with Crippen LogP contribution in [0.4, 0.5) is 23.2 Å². The molecular formula is C25H20F4N4O3S. The lowest BCUT2D eigenvalue weighted by molar-refractivity contribution is -0.137. The molecule has 0 spiro atoms. The van der Waals surface area contributed by atoms with Crippen LogP contribution >= 0.6 is 0 Å². The minimum Gasteiger partial charge on any atom is -0.493 e. The lowest BCUT2D eigenvalue weighted by Gasteiger charge is -2.22. The minimum absolute atomic E-state index is 0.105. The van der Waals surface area contributed by atoms with E-state index in [1.54, 1.807) is 6.07 Å². The number of sulfonamides is 1. The molecule has 1 N–H and O–H groups in total. The predicted molar refractivity (Wildman–Crippen MR) is 128 cm³/mol. The van der Waals surface area contributed by atoms with Crippen molar-refractivity contribution in [2.45, 2.75) is 23.9 Å². The Kier molecular flexibility index (Phi) is 6.14. The molecule has 0 saturated heterocycles. The molecule has 1 aliphatic rings. The van der Waals surface area contributed by atoms with E-state index in [1.165, 1.54) is 36.1 Å². The number of aromatic nitrogens is 3. The maximum Gasteiger partial charge on any atom is 0.417 e. The Bertz CT molecular complexity index is 1580. The number of nitrogens with zero attached hydrogens (tertiary/aromatic N) is 3. The van der Waals surface area contributed by atoms with Crippen molar-refractivity contribution in [3.05, 3.63) is 77.9 Å². The fraction of sp³-hybridized carbons (Fsp3) is 0.200. The quantitative estimate of drug-likeness (QED) is 0.347. The highest BCUT2D eigenvalue weighted by Gasteiger charge is 2.37. The second-order valence-corrected chi connectivity index (χ2v) is 10.1. The Labute approximate surface area is 209 Å². The third-order valence-electron chi connectivity index (χ3n) is 6.01. The maximum atomic E-state index is 14.2. The predicted octanol–water partition coefficient (Wildman–Crippen LogP) is 5.43. The van der Waals surface area contributed by atoms with Gasteiger partial charge in [-0.1, -0.05) is 6.07 Å². The van der Waals surface area contributed by atoms with Gasteiger partial charge in [-0.05, 0) is 54.8 Å². The number of anilines is 1. The Balaban J connectivity index is 1.72. The Morgan fingerprint density at radius 3 is 2.54 bits per heavy atom. The topological polar surface area (TPSA) is 86.1 Å². The van der Waals surface area contributed by atoms with Crippen molar-refractivity contribution in [3.8, 4) is 28.3 Å². The zero-order chi connectivity index (χ0) is 26.4. The second-order valence-electron chi connectivity index (χ2n) is 8.44. The van der Waals surface area contributed by atoms with Crippen molar-refractivity contribution in [3.63, 3.8) is 0 Å². The van der Waals surface area contributed by atoms with Crippen LogP contribution in [0.3, 0.4) is 0 Å². The highest BCUT2D eigenvalue weighted by atomic mass is 32.2. The first-order valence-electron chi connectivity index (χ1n) is 11.2. The third-order valence-corrected chi connectivity index (χ3v) is 7.38. The molecule has 2 aromatic heterocycles. The number of halogens is 4. The van der Waals surface area contributed by atoms with Crippen molar-refractivity contribution in [1.82, 2.24) is 14.8 Å². The summed E-state index contributed by atoms with van der Waals surface area (Å²) in [5, 5.41) is 4.04. The van der Waals surface area contributed by atoms with Crippen molar-refractivity contribution in [2.24, 2.45) is 7.05 Å². The Morgan fingerprint density at radius 2 is 1.86 bits per heavy atom. The summed E-state index contributed by atoms with van der Waals surface area (Å²) in [6.45, 7) is 0.460. The van der Waals surface area contributed by atoms with Crippen LogP contribution in [0.1, 0.15) is 17.5 Å². The molecule has 7 nitrogen and oxygen atoms in total. The number of benzene rings is 2. The van der Waals surface area contributed by atoms with E-state index in [0.29, 0.717) is 12.4 Å². The van der Waals surface area contributed by atoms with Gasteiger partial charge in [-0.3, -0.25) is 14.4 Å². The normalized spacial score (nSPS) is 13.6. The van der Waals surface area contributed by atoms with Crippen molar-refractivity contribution >= 4 is 15.7 Å². The smallest absolute Gasteiger partial charge is 0.417 e. The molecule has 0 unspecified atom stereocenters. The molecule has 5 rings (SSSR count). The van der Waals surface area contributed by atoms with Crippen molar-refractivity contribution in [2.75, 3.05) is 11.3 Å². The van der Waals surface area contributed by atoms with Gasteiger partial charge in [-0.15, -0.1) is 0 Å². The number of hydrogen-bond donors (Lipinski definition) is 1. The van der Waals surface area contributed by atoms with Crippen LogP contribution in [0.25, 0.3) is 22.5 Å². The monoisotopic (exact) mass is 532 g/mol. The standard InChI is InChI=1S/C25H20F4N4O3S/c1-33-21(10-11-31-33)24-20(32-37(34,35)17-6-4-15-3-2-12-36-22(15)13-17)9-7-18(25(27,28)29)23(24)19-8-5-16(26)14-30-19/h4-11,13-14,32H,2-3,12H2,1H3. The van der Waals surface area contributed by atoms with E-state index in [4.69, 9.17) is 4.74 Å². The highest BCUT2D eigenvalue weighted by Crippen LogP contribution is 2.46.